The van der Waals surface area contributed by atoms with E-state index < -0.39 is 22.5 Å². The Balaban J connectivity index is 1.64. The molecule has 0 saturated heterocycles. The van der Waals surface area contributed by atoms with Crippen LogP contribution in [0.4, 0.5) is 5.69 Å². The lowest BCUT2D eigenvalue weighted by Gasteiger charge is -2.24. The zero-order valence-corrected chi connectivity index (χ0v) is 25.0. The summed E-state index contributed by atoms with van der Waals surface area (Å²) in [6, 6.07) is 18.1. The topological polar surface area (TPSA) is 122 Å². The van der Waals surface area contributed by atoms with E-state index >= 15 is 0 Å². The number of nitro benzene ring substituents is 1. The standard InChI is InChI=1S/C31H26ClN3O7S/c1-4-41-30(37)27-18(2)33-31-34(28(27)20-10-12-22(32)13-11-20)29(36)26(43-31)15-21-14-24(40-3)25(16-23(21)35(38)39)42-17-19-8-6-5-7-9-19/h5-16,28H,4,17H2,1-3H3/t28-/m1/s1. The summed E-state index contributed by atoms with van der Waals surface area (Å²) in [6.07, 6.45) is 1.42. The second-order valence-corrected chi connectivity index (χ2v) is 10.9. The van der Waals surface area contributed by atoms with Crippen LogP contribution in [0.5, 0.6) is 11.5 Å². The molecular weight excluding hydrogens is 594 g/mol. The molecule has 1 aromatic heterocycles. The molecule has 10 nitrogen and oxygen atoms in total. The summed E-state index contributed by atoms with van der Waals surface area (Å²) in [5.74, 6) is -0.140. The number of halogens is 1. The molecule has 0 bridgehead atoms. The minimum Gasteiger partial charge on any atom is -0.493 e. The van der Waals surface area contributed by atoms with E-state index in [9.17, 15) is 19.7 Å². The zero-order valence-electron chi connectivity index (χ0n) is 23.4. The number of thiazole rings is 1. The van der Waals surface area contributed by atoms with Crippen molar-refractivity contribution in [2.45, 2.75) is 26.5 Å². The van der Waals surface area contributed by atoms with Crippen LogP contribution in [-0.2, 0) is 16.1 Å². The Morgan fingerprint density at radius 3 is 2.51 bits per heavy atom. The smallest absolute Gasteiger partial charge is 0.338 e. The molecule has 43 heavy (non-hydrogen) atoms. The second kappa shape index (κ2) is 12.6. The van der Waals surface area contributed by atoms with E-state index in [1.54, 1.807) is 38.1 Å². The normalized spacial score (nSPS) is 14.6. The number of rotatable bonds is 9. The average Bonchev–Trinajstić information content (AvgIpc) is 3.30. The third kappa shape index (κ3) is 6.08. The molecule has 0 unspecified atom stereocenters. The predicted molar refractivity (Wildman–Crippen MR) is 162 cm³/mol. The SMILES string of the molecule is CCOC(=O)C1=C(C)N=c2sc(=Cc3cc(OC)c(OCc4ccccc4)cc3[N+](=O)[O-])c(=O)n2[C@@H]1c1ccc(Cl)cc1. The van der Waals surface area contributed by atoms with Crippen LogP contribution in [-0.4, -0.2) is 29.2 Å². The molecular formula is C31H26ClN3O7S. The number of hydrogen-bond donors (Lipinski definition) is 0. The largest absolute Gasteiger partial charge is 0.493 e. The first-order valence-electron chi connectivity index (χ1n) is 13.2. The Kier molecular flexibility index (Phi) is 8.74. The molecule has 0 fully saturated rings. The van der Waals surface area contributed by atoms with Gasteiger partial charge >= 0.3 is 5.97 Å². The van der Waals surface area contributed by atoms with Crippen molar-refractivity contribution in [1.82, 2.24) is 4.57 Å². The first-order chi connectivity index (χ1) is 20.7. The summed E-state index contributed by atoms with van der Waals surface area (Å²) in [5, 5.41) is 12.6. The summed E-state index contributed by atoms with van der Waals surface area (Å²) in [4.78, 5) is 43.4. The van der Waals surface area contributed by atoms with Crippen molar-refractivity contribution in [3.63, 3.8) is 0 Å². The Bertz CT molecular complexity index is 1920. The lowest BCUT2D eigenvalue weighted by atomic mass is 9.96. The van der Waals surface area contributed by atoms with Gasteiger partial charge in [-0.15, -0.1) is 0 Å². The molecule has 0 N–H and O–H groups in total. The number of ether oxygens (including phenoxy) is 3. The van der Waals surface area contributed by atoms with Gasteiger partial charge in [0.15, 0.2) is 16.3 Å². The van der Waals surface area contributed by atoms with Crippen LogP contribution in [0.25, 0.3) is 6.08 Å². The summed E-state index contributed by atoms with van der Waals surface area (Å²) >= 11 is 7.17. The quantitative estimate of drug-likeness (QED) is 0.148. The Hall–Kier alpha value is -4.74. The lowest BCUT2D eigenvalue weighted by molar-refractivity contribution is -0.385. The number of carbonyl (C=O) groups is 1. The minimum absolute atomic E-state index is 0.142. The van der Waals surface area contributed by atoms with Gasteiger partial charge in [-0.1, -0.05) is 65.4 Å². The van der Waals surface area contributed by atoms with E-state index in [4.69, 9.17) is 25.8 Å². The Labute approximate surface area is 254 Å². The molecule has 0 amide bonds. The maximum atomic E-state index is 13.9. The number of nitro groups is 1. The van der Waals surface area contributed by atoms with E-state index in [2.05, 4.69) is 4.99 Å². The first-order valence-corrected chi connectivity index (χ1v) is 14.4. The van der Waals surface area contributed by atoms with E-state index in [-0.39, 0.29) is 46.1 Å². The maximum Gasteiger partial charge on any atom is 0.338 e. The van der Waals surface area contributed by atoms with Crippen molar-refractivity contribution in [3.8, 4) is 11.5 Å². The van der Waals surface area contributed by atoms with Crippen LogP contribution in [0.1, 0.15) is 36.6 Å². The van der Waals surface area contributed by atoms with E-state index in [0.29, 0.717) is 21.1 Å². The summed E-state index contributed by atoms with van der Waals surface area (Å²) in [7, 11) is 1.43. The number of methoxy groups -OCH3 is 1. The van der Waals surface area contributed by atoms with Crippen LogP contribution < -0.4 is 24.4 Å². The molecule has 12 heteroatoms. The molecule has 1 atom stereocenters. The van der Waals surface area contributed by atoms with Gasteiger partial charge in [0.1, 0.15) is 6.61 Å². The van der Waals surface area contributed by atoms with Gasteiger partial charge in [-0.2, -0.15) is 0 Å². The highest BCUT2D eigenvalue weighted by molar-refractivity contribution is 7.07. The van der Waals surface area contributed by atoms with Crippen LogP contribution in [0, 0.1) is 10.1 Å². The molecule has 5 rings (SSSR count). The minimum atomic E-state index is -0.840. The van der Waals surface area contributed by atoms with Gasteiger partial charge in [-0.05, 0) is 49.2 Å². The fraction of sp³-hybridized carbons (Fsp3) is 0.194. The molecule has 3 aromatic carbocycles. The molecule has 220 valence electrons. The van der Waals surface area contributed by atoms with Gasteiger partial charge in [0.05, 0.1) is 52.1 Å². The summed E-state index contributed by atoms with van der Waals surface area (Å²) in [5.41, 5.74) is 1.52. The number of allylic oxidation sites excluding steroid dienone is 1. The molecule has 0 spiro atoms. The number of hydrogen-bond acceptors (Lipinski definition) is 9. The summed E-state index contributed by atoms with van der Waals surface area (Å²) < 4.78 is 18.2. The van der Waals surface area contributed by atoms with Crippen LogP contribution in [0.15, 0.2) is 87.8 Å². The van der Waals surface area contributed by atoms with E-state index in [1.165, 1.54) is 29.9 Å². The monoisotopic (exact) mass is 619 g/mol. The average molecular weight is 620 g/mol. The molecule has 2 heterocycles. The lowest BCUT2D eigenvalue weighted by Crippen LogP contribution is -2.39. The van der Waals surface area contributed by atoms with Gasteiger partial charge in [-0.3, -0.25) is 19.5 Å². The van der Waals surface area contributed by atoms with Crippen molar-refractivity contribution < 1.29 is 23.9 Å². The maximum absolute atomic E-state index is 13.9. The van der Waals surface area contributed by atoms with Crippen LogP contribution >= 0.6 is 22.9 Å². The molecule has 1 aliphatic rings. The van der Waals surface area contributed by atoms with Crippen molar-refractivity contribution >= 4 is 40.7 Å². The third-order valence-corrected chi connectivity index (χ3v) is 7.97. The zero-order chi connectivity index (χ0) is 30.7. The molecule has 1 aliphatic heterocycles. The van der Waals surface area contributed by atoms with Crippen LogP contribution in [0.3, 0.4) is 0 Å². The Morgan fingerprint density at radius 2 is 1.86 bits per heavy atom. The number of carbonyl (C=O) groups excluding carboxylic acids is 1. The first kappa shape index (κ1) is 29.7. The predicted octanol–water partition coefficient (Wildman–Crippen LogP) is 4.95. The highest BCUT2D eigenvalue weighted by Crippen LogP contribution is 2.36. The van der Waals surface area contributed by atoms with Crippen molar-refractivity contribution in [1.29, 1.82) is 0 Å². The Morgan fingerprint density at radius 1 is 1.14 bits per heavy atom. The number of esters is 1. The van der Waals surface area contributed by atoms with E-state index in [0.717, 1.165) is 16.9 Å². The van der Waals surface area contributed by atoms with Crippen molar-refractivity contribution in [3.05, 3.63) is 130 Å². The number of nitrogens with zero attached hydrogens (tertiary/aromatic N) is 3. The van der Waals surface area contributed by atoms with Crippen molar-refractivity contribution in [2.75, 3.05) is 13.7 Å². The fourth-order valence-corrected chi connectivity index (χ4v) is 5.90. The number of benzene rings is 3. The van der Waals surface area contributed by atoms with Crippen molar-refractivity contribution in [2.24, 2.45) is 4.99 Å². The molecule has 4 aromatic rings. The highest BCUT2D eigenvalue weighted by Gasteiger charge is 2.33. The molecule has 0 saturated carbocycles. The fourth-order valence-electron chi connectivity index (χ4n) is 4.74. The van der Waals surface area contributed by atoms with Crippen LogP contribution in [0.2, 0.25) is 5.02 Å². The molecule has 0 aliphatic carbocycles. The van der Waals surface area contributed by atoms with Gasteiger partial charge in [0.2, 0.25) is 0 Å². The van der Waals surface area contributed by atoms with E-state index in [1.807, 2.05) is 30.3 Å². The molecule has 0 radical (unpaired) electrons. The van der Waals surface area contributed by atoms with Gasteiger partial charge in [-0.25, -0.2) is 9.79 Å². The van der Waals surface area contributed by atoms with Gasteiger partial charge in [0, 0.05) is 5.02 Å². The second-order valence-electron chi connectivity index (χ2n) is 9.45. The number of aromatic nitrogens is 1. The third-order valence-electron chi connectivity index (χ3n) is 6.74. The number of fused-ring (bicyclic) bond motifs is 1. The highest BCUT2D eigenvalue weighted by atomic mass is 35.5. The van der Waals surface area contributed by atoms with Gasteiger partial charge < -0.3 is 14.2 Å². The van der Waals surface area contributed by atoms with Gasteiger partial charge in [0.25, 0.3) is 11.2 Å². The summed E-state index contributed by atoms with van der Waals surface area (Å²) in [6.45, 7) is 3.69.